The number of nitrogens with zero attached hydrogens (tertiary/aromatic N) is 1. The number of rotatable bonds is 1. The second-order valence-electron chi connectivity index (χ2n) is 4.84. The second kappa shape index (κ2) is 4.60. The summed E-state index contributed by atoms with van der Waals surface area (Å²) in [5, 5.41) is 13.4. The van der Waals surface area contributed by atoms with Gasteiger partial charge in [-0.25, -0.2) is 0 Å². The van der Waals surface area contributed by atoms with E-state index in [9.17, 15) is 5.11 Å². The minimum atomic E-state index is -0.0863. The number of aliphatic hydroxyl groups excluding tert-OH is 1. The van der Waals surface area contributed by atoms with Crippen LogP contribution in [-0.2, 0) is 0 Å². The van der Waals surface area contributed by atoms with Crippen molar-refractivity contribution >= 4 is 0 Å². The van der Waals surface area contributed by atoms with Crippen LogP contribution in [0.25, 0.3) is 0 Å². The average molecular weight is 198 g/mol. The van der Waals surface area contributed by atoms with Gasteiger partial charge >= 0.3 is 0 Å². The maximum Gasteiger partial charge on any atom is 0.0697 e. The molecule has 82 valence electrons. The van der Waals surface area contributed by atoms with Crippen molar-refractivity contribution < 1.29 is 5.11 Å². The van der Waals surface area contributed by atoms with Crippen LogP contribution in [0.4, 0.5) is 0 Å². The lowest BCUT2D eigenvalue weighted by atomic mass is 9.84. The van der Waals surface area contributed by atoms with E-state index in [1.165, 1.54) is 12.8 Å². The van der Waals surface area contributed by atoms with Crippen molar-refractivity contribution in [2.24, 2.45) is 5.92 Å². The molecule has 0 aromatic carbocycles. The Morgan fingerprint density at radius 2 is 1.93 bits per heavy atom. The van der Waals surface area contributed by atoms with E-state index in [-0.39, 0.29) is 6.10 Å². The molecule has 3 unspecified atom stereocenters. The van der Waals surface area contributed by atoms with Crippen molar-refractivity contribution in [3.8, 4) is 0 Å². The van der Waals surface area contributed by atoms with Crippen LogP contribution in [0.1, 0.15) is 26.2 Å². The molecule has 0 aromatic heterocycles. The summed E-state index contributed by atoms with van der Waals surface area (Å²) in [6.07, 6.45) is 3.37. The predicted octanol–water partition coefficient (Wildman–Crippen LogP) is 0.441. The Kier molecular flexibility index (Phi) is 3.42. The minimum absolute atomic E-state index is 0.0863. The van der Waals surface area contributed by atoms with Crippen LogP contribution < -0.4 is 5.32 Å². The lowest BCUT2D eigenvalue weighted by molar-refractivity contribution is 0.000352. The number of nitrogens with one attached hydrogen (secondary N) is 1. The molecule has 1 saturated carbocycles. The molecule has 0 bridgehead atoms. The van der Waals surface area contributed by atoms with Crippen LogP contribution in [0.3, 0.4) is 0 Å². The van der Waals surface area contributed by atoms with Gasteiger partial charge in [0.25, 0.3) is 0 Å². The highest BCUT2D eigenvalue weighted by atomic mass is 16.3. The van der Waals surface area contributed by atoms with Gasteiger partial charge in [0, 0.05) is 32.2 Å². The summed E-state index contributed by atoms with van der Waals surface area (Å²) in [7, 11) is 0. The molecule has 14 heavy (non-hydrogen) atoms. The van der Waals surface area contributed by atoms with E-state index in [4.69, 9.17) is 0 Å². The van der Waals surface area contributed by atoms with Crippen molar-refractivity contribution in [2.45, 2.75) is 38.3 Å². The first-order valence-electron chi connectivity index (χ1n) is 5.90. The quantitative estimate of drug-likeness (QED) is 0.642. The van der Waals surface area contributed by atoms with Crippen LogP contribution in [0.5, 0.6) is 0 Å². The third-order valence-electron chi connectivity index (χ3n) is 3.66. The molecule has 1 aliphatic carbocycles. The number of hydrogen-bond acceptors (Lipinski definition) is 3. The fourth-order valence-electron chi connectivity index (χ4n) is 2.77. The third kappa shape index (κ3) is 2.27. The number of hydrogen-bond donors (Lipinski definition) is 2. The summed E-state index contributed by atoms with van der Waals surface area (Å²) in [6, 6.07) is 0.438. The molecule has 3 atom stereocenters. The average Bonchev–Trinajstić information content (AvgIpc) is 2.19. The zero-order valence-electron chi connectivity index (χ0n) is 9.08. The monoisotopic (exact) mass is 198 g/mol. The molecule has 2 rings (SSSR count). The largest absolute Gasteiger partial charge is 0.391 e. The van der Waals surface area contributed by atoms with Gasteiger partial charge in [0.15, 0.2) is 0 Å². The highest BCUT2D eigenvalue weighted by Crippen LogP contribution is 2.27. The van der Waals surface area contributed by atoms with Crippen molar-refractivity contribution in [2.75, 3.05) is 26.2 Å². The van der Waals surface area contributed by atoms with Crippen molar-refractivity contribution in [1.82, 2.24) is 10.2 Å². The normalized spacial score (nSPS) is 41.1. The summed E-state index contributed by atoms with van der Waals surface area (Å²) in [4.78, 5) is 2.47. The Labute approximate surface area is 86.5 Å². The van der Waals surface area contributed by atoms with Crippen LogP contribution in [0.2, 0.25) is 0 Å². The molecule has 1 saturated heterocycles. The lowest BCUT2D eigenvalue weighted by Gasteiger charge is -2.41. The number of aliphatic hydroxyl groups is 1. The summed E-state index contributed by atoms with van der Waals surface area (Å²) in [5.74, 6) is 0.712. The number of piperazine rings is 1. The van der Waals surface area contributed by atoms with Crippen LogP contribution in [0.15, 0.2) is 0 Å². The maximum absolute atomic E-state index is 10.0. The molecular formula is C11H22N2O. The van der Waals surface area contributed by atoms with Crippen LogP contribution in [-0.4, -0.2) is 48.3 Å². The molecule has 2 fully saturated rings. The first-order valence-corrected chi connectivity index (χ1v) is 5.90. The van der Waals surface area contributed by atoms with Gasteiger partial charge in [0.2, 0.25) is 0 Å². The molecule has 3 nitrogen and oxygen atoms in total. The van der Waals surface area contributed by atoms with Crippen molar-refractivity contribution in [3.05, 3.63) is 0 Å². The van der Waals surface area contributed by atoms with Crippen molar-refractivity contribution in [3.63, 3.8) is 0 Å². The third-order valence-corrected chi connectivity index (χ3v) is 3.66. The smallest absolute Gasteiger partial charge is 0.0697 e. The molecule has 0 aromatic rings. The van der Waals surface area contributed by atoms with E-state index >= 15 is 0 Å². The predicted molar refractivity (Wildman–Crippen MR) is 57.3 cm³/mol. The van der Waals surface area contributed by atoms with Gasteiger partial charge in [0.1, 0.15) is 0 Å². The molecule has 1 aliphatic heterocycles. The highest BCUT2D eigenvalue weighted by molar-refractivity contribution is 4.87. The molecule has 1 heterocycles. The summed E-state index contributed by atoms with van der Waals surface area (Å²) in [5.41, 5.74) is 0. The fourth-order valence-corrected chi connectivity index (χ4v) is 2.77. The summed E-state index contributed by atoms with van der Waals surface area (Å²) in [6.45, 7) is 6.63. The molecule has 0 spiro atoms. The first kappa shape index (κ1) is 10.4. The van der Waals surface area contributed by atoms with Gasteiger partial charge in [-0.2, -0.15) is 0 Å². The Morgan fingerprint density at radius 1 is 1.21 bits per heavy atom. The van der Waals surface area contributed by atoms with E-state index in [0.717, 1.165) is 32.6 Å². The van der Waals surface area contributed by atoms with E-state index in [2.05, 4.69) is 17.1 Å². The Hall–Kier alpha value is -0.120. The van der Waals surface area contributed by atoms with Crippen LogP contribution in [0, 0.1) is 5.92 Å². The van der Waals surface area contributed by atoms with Gasteiger partial charge in [-0.15, -0.1) is 0 Å². The maximum atomic E-state index is 10.0. The van der Waals surface area contributed by atoms with Gasteiger partial charge < -0.3 is 10.4 Å². The lowest BCUT2D eigenvalue weighted by Crippen LogP contribution is -2.53. The second-order valence-corrected chi connectivity index (χ2v) is 4.84. The molecule has 3 heteroatoms. The van der Waals surface area contributed by atoms with Gasteiger partial charge in [-0.3, -0.25) is 4.90 Å². The van der Waals surface area contributed by atoms with Gasteiger partial charge in [-0.05, 0) is 25.2 Å². The van der Waals surface area contributed by atoms with E-state index in [0.29, 0.717) is 12.0 Å². The van der Waals surface area contributed by atoms with Crippen LogP contribution >= 0.6 is 0 Å². The summed E-state index contributed by atoms with van der Waals surface area (Å²) >= 11 is 0. The Morgan fingerprint density at radius 3 is 2.57 bits per heavy atom. The zero-order chi connectivity index (χ0) is 9.97. The SMILES string of the molecule is CC1CCC(N2CCNCC2)C(O)C1. The van der Waals surface area contributed by atoms with Crippen molar-refractivity contribution in [1.29, 1.82) is 0 Å². The zero-order valence-corrected chi connectivity index (χ0v) is 9.08. The first-order chi connectivity index (χ1) is 6.77. The standard InChI is InChI=1S/C11H22N2O/c1-9-2-3-10(11(14)8-9)13-6-4-12-5-7-13/h9-12,14H,2-8H2,1H3. The highest BCUT2D eigenvalue weighted by Gasteiger charge is 2.31. The minimum Gasteiger partial charge on any atom is -0.391 e. The fraction of sp³-hybridized carbons (Fsp3) is 1.00. The van der Waals surface area contributed by atoms with E-state index in [1.807, 2.05) is 0 Å². The van der Waals surface area contributed by atoms with E-state index in [1.54, 1.807) is 0 Å². The molecule has 0 amide bonds. The van der Waals surface area contributed by atoms with E-state index < -0.39 is 0 Å². The Bertz CT molecular complexity index is 180. The Balaban J connectivity index is 1.89. The molecule has 2 N–H and O–H groups in total. The topological polar surface area (TPSA) is 35.5 Å². The summed E-state index contributed by atoms with van der Waals surface area (Å²) < 4.78 is 0. The van der Waals surface area contributed by atoms with Gasteiger partial charge in [0.05, 0.1) is 6.10 Å². The van der Waals surface area contributed by atoms with Gasteiger partial charge in [-0.1, -0.05) is 6.92 Å². The molecule has 2 aliphatic rings. The molecular weight excluding hydrogens is 176 g/mol. The molecule has 0 radical (unpaired) electrons.